The number of nitrogens with two attached hydrogens (primary N) is 1. The Morgan fingerprint density at radius 3 is 2.77 bits per heavy atom. The molecular weight excluding hydrogens is 384 g/mol. The summed E-state index contributed by atoms with van der Waals surface area (Å²) in [7, 11) is 0. The van der Waals surface area contributed by atoms with Crippen molar-refractivity contribution < 1.29 is 19.0 Å². The van der Waals surface area contributed by atoms with Crippen molar-refractivity contribution >= 4 is 24.2 Å². The summed E-state index contributed by atoms with van der Waals surface area (Å²) >= 11 is 0. The fourth-order valence-corrected chi connectivity index (χ4v) is 3.85. The van der Waals surface area contributed by atoms with Gasteiger partial charge in [-0.05, 0) is 43.9 Å². The third-order valence-electron chi connectivity index (χ3n) is 5.83. The normalized spacial score (nSPS) is 19.8. The van der Waals surface area contributed by atoms with Crippen molar-refractivity contribution in [3.05, 3.63) is 35.0 Å². The summed E-state index contributed by atoms with van der Waals surface area (Å²) in [6.45, 7) is 1.91. The van der Waals surface area contributed by atoms with Gasteiger partial charge in [0.25, 0.3) is 0 Å². The highest BCUT2D eigenvalue weighted by molar-refractivity contribution is 5.98. The van der Waals surface area contributed by atoms with Gasteiger partial charge < -0.3 is 25.4 Å². The lowest BCUT2D eigenvalue weighted by atomic mass is 9.88. The summed E-state index contributed by atoms with van der Waals surface area (Å²) in [5.74, 6) is 0.599. The quantitative estimate of drug-likeness (QED) is 0.560. The number of carbonyl (C=O) groups excluding carboxylic acids is 1. The summed E-state index contributed by atoms with van der Waals surface area (Å²) in [6, 6.07) is 5.40. The SMILES string of the molecule is CC(C(=O)OC1CCC1)c1nc(N)c(C2C=N2)c(-c2ccc3c(c2)OCO3)c1C=N. The Hall–Kier alpha value is -3.42. The monoisotopic (exact) mass is 406 g/mol. The lowest BCUT2D eigenvalue weighted by Gasteiger charge is -2.27. The molecule has 0 spiro atoms. The molecule has 0 bridgehead atoms. The van der Waals surface area contributed by atoms with Gasteiger partial charge in [0.1, 0.15) is 18.0 Å². The molecule has 30 heavy (non-hydrogen) atoms. The highest BCUT2D eigenvalue weighted by Gasteiger charge is 2.33. The summed E-state index contributed by atoms with van der Waals surface area (Å²) < 4.78 is 16.5. The first-order valence-corrected chi connectivity index (χ1v) is 10.0. The van der Waals surface area contributed by atoms with Gasteiger partial charge in [-0.15, -0.1) is 0 Å². The van der Waals surface area contributed by atoms with E-state index in [1.54, 1.807) is 13.1 Å². The second kappa shape index (κ2) is 7.12. The van der Waals surface area contributed by atoms with Crippen LogP contribution in [0.25, 0.3) is 11.1 Å². The fraction of sp³-hybridized carbons (Fsp3) is 0.364. The van der Waals surface area contributed by atoms with Crippen LogP contribution in [0.15, 0.2) is 23.2 Å². The number of carbonyl (C=O) groups is 1. The van der Waals surface area contributed by atoms with Crippen LogP contribution in [0.4, 0.5) is 5.82 Å². The van der Waals surface area contributed by atoms with E-state index in [2.05, 4.69) is 9.98 Å². The van der Waals surface area contributed by atoms with E-state index in [1.807, 2.05) is 18.2 Å². The average molecular weight is 406 g/mol. The Bertz CT molecular complexity index is 1070. The first-order chi connectivity index (χ1) is 14.6. The minimum atomic E-state index is -0.647. The largest absolute Gasteiger partial charge is 0.462 e. The summed E-state index contributed by atoms with van der Waals surface area (Å²) in [6.07, 6.45) is 5.85. The van der Waals surface area contributed by atoms with Crippen molar-refractivity contribution in [2.24, 2.45) is 4.99 Å². The Morgan fingerprint density at radius 2 is 2.10 bits per heavy atom. The van der Waals surface area contributed by atoms with Crippen molar-refractivity contribution in [3.63, 3.8) is 0 Å². The molecular formula is C22H22N4O4. The Balaban J connectivity index is 1.62. The molecule has 1 saturated carbocycles. The van der Waals surface area contributed by atoms with Crippen LogP contribution in [0.2, 0.25) is 0 Å². The topological polar surface area (TPSA) is 120 Å². The first kappa shape index (κ1) is 18.6. The zero-order valence-electron chi connectivity index (χ0n) is 16.6. The van der Waals surface area contributed by atoms with E-state index in [1.165, 1.54) is 6.21 Å². The number of rotatable bonds is 6. The molecule has 0 radical (unpaired) electrons. The van der Waals surface area contributed by atoms with Gasteiger partial charge in [0.15, 0.2) is 11.5 Å². The Kier molecular flexibility index (Phi) is 4.42. The molecule has 8 heteroatoms. The second-order valence-corrected chi connectivity index (χ2v) is 7.75. The molecule has 8 nitrogen and oxygen atoms in total. The van der Waals surface area contributed by atoms with Crippen molar-refractivity contribution in [2.75, 3.05) is 12.5 Å². The molecule has 2 aromatic rings. The van der Waals surface area contributed by atoms with Gasteiger partial charge in [0, 0.05) is 29.1 Å². The van der Waals surface area contributed by atoms with Crippen molar-refractivity contribution in [1.29, 1.82) is 5.41 Å². The molecule has 2 aliphatic heterocycles. The molecule has 1 fully saturated rings. The number of fused-ring (bicyclic) bond motifs is 1. The number of hydrogen-bond donors (Lipinski definition) is 2. The number of anilines is 1. The number of pyridine rings is 1. The Morgan fingerprint density at radius 1 is 1.33 bits per heavy atom. The molecule has 2 atom stereocenters. The molecule has 0 amide bonds. The third kappa shape index (κ3) is 3.08. The molecule has 154 valence electrons. The van der Waals surface area contributed by atoms with E-state index in [0.29, 0.717) is 28.6 Å². The van der Waals surface area contributed by atoms with Gasteiger partial charge in [-0.2, -0.15) is 0 Å². The van der Waals surface area contributed by atoms with Crippen molar-refractivity contribution in [2.45, 2.75) is 44.2 Å². The van der Waals surface area contributed by atoms with E-state index >= 15 is 0 Å². The lowest BCUT2D eigenvalue weighted by Crippen LogP contribution is -2.28. The Labute approximate surface area is 173 Å². The maximum atomic E-state index is 12.7. The number of benzene rings is 1. The standard InChI is InChI=1S/C22H22N4O4/c1-11(22(27)30-13-3-2-4-13)20-14(8-23)18(19(15-9-25-15)21(24)26-20)12-5-6-16-17(7-12)29-10-28-16/h5-9,11,13,15,23H,2-4,10H2,1H3,(H2,24,26). The van der Waals surface area contributed by atoms with Crippen LogP contribution in [-0.2, 0) is 9.53 Å². The van der Waals surface area contributed by atoms with Gasteiger partial charge >= 0.3 is 5.97 Å². The molecule has 3 heterocycles. The highest BCUT2D eigenvalue weighted by Crippen LogP contribution is 2.44. The van der Waals surface area contributed by atoms with E-state index in [0.717, 1.165) is 36.0 Å². The summed E-state index contributed by atoms with van der Waals surface area (Å²) in [4.78, 5) is 21.5. The van der Waals surface area contributed by atoms with Crippen LogP contribution in [-0.4, -0.2) is 36.3 Å². The lowest BCUT2D eigenvalue weighted by molar-refractivity contribution is -0.154. The maximum Gasteiger partial charge on any atom is 0.315 e. The maximum absolute atomic E-state index is 12.7. The van der Waals surface area contributed by atoms with Crippen LogP contribution >= 0.6 is 0 Å². The number of nitrogens with one attached hydrogen (secondary N) is 1. The van der Waals surface area contributed by atoms with Crippen LogP contribution < -0.4 is 15.2 Å². The average Bonchev–Trinajstić information content (AvgIpc) is 3.44. The first-order valence-electron chi connectivity index (χ1n) is 10.0. The number of hydrogen-bond acceptors (Lipinski definition) is 8. The number of nitrogen functional groups attached to an aromatic ring is 1. The third-order valence-corrected chi connectivity index (χ3v) is 5.83. The number of nitrogens with zero attached hydrogens (tertiary/aromatic N) is 2. The number of aromatic nitrogens is 1. The molecule has 1 aromatic heterocycles. The fourth-order valence-electron chi connectivity index (χ4n) is 3.85. The van der Waals surface area contributed by atoms with Crippen LogP contribution in [0.5, 0.6) is 11.5 Å². The molecule has 3 N–H and O–H groups in total. The minimum Gasteiger partial charge on any atom is -0.462 e. The zero-order valence-corrected chi connectivity index (χ0v) is 16.6. The van der Waals surface area contributed by atoms with Crippen molar-refractivity contribution in [1.82, 2.24) is 4.98 Å². The second-order valence-electron chi connectivity index (χ2n) is 7.75. The molecule has 2 unspecified atom stereocenters. The molecule has 3 aliphatic rings. The van der Waals surface area contributed by atoms with Gasteiger partial charge in [-0.3, -0.25) is 9.79 Å². The highest BCUT2D eigenvalue weighted by atomic mass is 16.7. The zero-order chi connectivity index (χ0) is 20.8. The van der Waals surface area contributed by atoms with E-state index in [4.69, 9.17) is 25.4 Å². The van der Waals surface area contributed by atoms with Crippen LogP contribution in [0.1, 0.15) is 55.0 Å². The predicted octanol–water partition coefficient (Wildman–Crippen LogP) is 3.38. The molecule has 1 aromatic carbocycles. The molecule has 5 rings (SSSR count). The minimum absolute atomic E-state index is 0.0202. The van der Waals surface area contributed by atoms with Gasteiger partial charge in [-0.1, -0.05) is 6.07 Å². The van der Waals surface area contributed by atoms with E-state index < -0.39 is 5.92 Å². The van der Waals surface area contributed by atoms with Crippen LogP contribution in [0, 0.1) is 5.41 Å². The predicted molar refractivity (Wildman–Crippen MR) is 111 cm³/mol. The molecule has 0 saturated heterocycles. The van der Waals surface area contributed by atoms with Gasteiger partial charge in [0.2, 0.25) is 6.79 Å². The number of esters is 1. The molecule has 1 aliphatic carbocycles. The van der Waals surface area contributed by atoms with Crippen LogP contribution in [0.3, 0.4) is 0 Å². The summed E-state index contributed by atoms with van der Waals surface area (Å²) in [5, 5.41) is 8.12. The summed E-state index contributed by atoms with van der Waals surface area (Å²) in [5.41, 5.74) is 9.58. The van der Waals surface area contributed by atoms with Gasteiger partial charge in [-0.25, -0.2) is 4.98 Å². The smallest absolute Gasteiger partial charge is 0.315 e. The van der Waals surface area contributed by atoms with Gasteiger partial charge in [0.05, 0.1) is 11.6 Å². The number of aliphatic imine (C=N–C) groups is 1. The van der Waals surface area contributed by atoms with E-state index in [9.17, 15) is 4.79 Å². The van der Waals surface area contributed by atoms with E-state index in [-0.39, 0.29) is 24.9 Å². The van der Waals surface area contributed by atoms with Crippen molar-refractivity contribution in [3.8, 4) is 22.6 Å². The number of ether oxygens (including phenoxy) is 3.